The van der Waals surface area contributed by atoms with Crippen LogP contribution in [0.5, 0.6) is 0 Å². The summed E-state index contributed by atoms with van der Waals surface area (Å²) in [6.45, 7) is 0.560. The number of aliphatic hydroxyl groups excluding tert-OH is 1. The number of rotatable bonds is 4. The van der Waals surface area contributed by atoms with Crippen LogP contribution in [0.2, 0.25) is 0 Å². The molecule has 0 aliphatic carbocycles. The van der Waals surface area contributed by atoms with E-state index in [1.165, 1.54) is 22.7 Å². The van der Waals surface area contributed by atoms with Crippen LogP contribution < -0.4 is 0 Å². The van der Waals surface area contributed by atoms with Crippen LogP contribution in [0.1, 0.15) is 27.3 Å². The van der Waals surface area contributed by atoms with E-state index in [2.05, 4.69) is 16.8 Å². The summed E-state index contributed by atoms with van der Waals surface area (Å²) in [4.78, 5) is 18.9. The molecule has 0 aliphatic rings. The van der Waals surface area contributed by atoms with Crippen LogP contribution in [-0.4, -0.2) is 34.6 Å². The van der Waals surface area contributed by atoms with Crippen LogP contribution in [0.3, 0.4) is 0 Å². The van der Waals surface area contributed by atoms with Crippen molar-refractivity contribution in [3.8, 4) is 11.8 Å². The lowest BCUT2D eigenvalue weighted by Crippen LogP contribution is -2.25. The second-order valence-corrected chi connectivity index (χ2v) is 5.75. The number of hydrogen-bond donors (Lipinski definition) is 1. The van der Waals surface area contributed by atoms with Crippen molar-refractivity contribution in [3.63, 3.8) is 0 Å². The van der Waals surface area contributed by atoms with Gasteiger partial charge in [-0.3, -0.25) is 4.79 Å². The second kappa shape index (κ2) is 7.20. The average Bonchev–Trinajstić information content (AvgIpc) is 3.09. The highest BCUT2D eigenvalue weighted by atomic mass is 32.1. The molecule has 6 heteroatoms. The Balaban J connectivity index is 2.00. The first-order chi connectivity index (χ1) is 9.70. The third-order valence-electron chi connectivity index (χ3n) is 2.52. The summed E-state index contributed by atoms with van der Waals surface area (Å²) in [6, 6.07) is 1.79. The lowest BCUT2D eigenvalue weighted by Gasteiger charge is -2.14. The number of amides is 1. The predicted octanol–water partition coefficient (Wildman–Crippen LogP) is 2.21. The van der Waals surface area contributed by atoms with E-state index in [1.807, 2.05) is 10.8 Å². The molecule has 20 heavy (non-hydrogen) atoms. The number of hydrogen-bond acceptors (Lipinski definition) is 5. The maximum absolute atomic E-state index is 12.2. The minimum absolute atomic E-state index is 0.0375. The summed E-state index contributed by atoms with van der Waals surface area (Å²) in [6.07, 6.45) is 0.449. The third-order valence-corrected chi connectivity index (χ3v) is 4.01. The molecule has 1 N–H and O–H groups in total. The molecular weight excluding hydrogens is 292 g/mol. The number of carbonyl (C=O) groups is 1. The summed E-state index contributed by atoms with van der Waals surface area (Å²) in [7, 11) is 1.76. The van der Waals surface area contributed by atoms with E-state index < -0.39 is 0 Å². The van der Waals surface area contributed by atoms with E-state index in [1.54, 1.807) is 23.5 Å². The van der Waals surface area contributed by atoms with Gasteiger partial charge in [-0.2, -0.15) is 0 Å². The zero-order chi connectivity index (χ0) is 14.4. The van der Waals surface area contributed by atoms with Crippen LogP contribution in [-0.2, 0) is 6.54 Å². The van der Waals surface area contributed by atoms with Crippen LogP contribution in [0.4, 0.5) is 0 Å². The topological polar surface area (TPSA) is 53.4 Å². The molecule has 0 aliphatic heterocycles. The molecule has 2 aromatic rings. The third kappa shape index (κ3) is 3.90. The first kappa shape index (κ1) is 14.7. The molecule has 0 unspecified atom stereocenters. The minimum Gasteiger partial charge on any atom is -0.395 e. The first-order valence-electron chi connectivity index (χ1n) is 6.01. The standard InChI is InChI=1S/C14H14N2O2S2/c1-16(7-12-9-19-10-15-12)14(18)11-6-13(20-8-11)4-2-3-5-17/h6,8-10,17H,3,5,7H2,1H3. The van der Waals surface area contributed by atoms with Gasteiger partial charge in [0.15, 0.2) is 0 Å². The molecule has 0 spiro atoms. The molecule has 2 heterocycles. The molecule has 4 nitrogen and oxygen atoms in total. The number of carbonyl (C=O) groups excluding carboxylic acids is 1. The lowest BCUT2D eigenvalue weighted by atomic mass is 10.2. The Labute approximate surface area is 125 Å². The highest BCUT2D eigenvalue weighted by molar-refractivity contribution is 7.10. The van der Waals surface area contributed by atoms with Gasteiger partial charge in [0.05, 0.1) is 34.8 Å². The van der Waals surface area contributed by atoms with Crippen molar-refractivity contribution >= 4 is 28.6 Å². The van der Waals surface area contributed by atoms with Gasteiger partial charge < -0.3 is 10.0 Å². The van der Waals surface area contributed by atoms with E-state index >= 15 is 0 Å². The van der Waals surface area contributed by atoms with Gasteiger partial charge in [0, 0.05) is 24.2 Å². The Hall–Kier alpha value is -1.68. The SMILES string of the molecule is CN(Cc1cscn1)C(=O)c1csc(C#CCCO)c1. The van der Waals surface area contributed by atoms with E-state index in [9.17, 15) is 4.79 Å². The fourth-order valence-corrected chi connectivity index (χ4v) is 2.87. The lowest BCUT2D eigenvalue weighted by molar-refractivity contribution is 0.0784. The fourth-order valence-electron chi connectivity index (χ4n) is 1.57. The smallest absolute Gasteiger partial charge is 0.254 e. The van der Waals surface area contributed by atoms with E-state index in [0.717, 1.165) is 10.6 Å². The summed E-state index contributed by atoms with van der Waals surface area (Å²) in [5.74, 6) is 5.74. The largest absolute Gasteiger partial charge is 0.395 e. The van der Waals surface area contributed by atoms with Crippen LogP contribution in [0.15, 0.2) is 22.3 Å². The first-order valence-corrected chi connectivity index (χ1v) is 7.83. The monoisotopic (exact) mass is 306 g/mol. The van der Waals surface area contributed by atoms with Gasteiger partial charge in [-0.25, -0.2) is 4.98 Å². The molecule has 0 saturated carbocycles. The molecular formula is C14H14N2O2S2. The highest BCUT2D eigenvalue weighted by Crippen LogP contribution is 2.16. The maximum atomic E-state index is 12.2. The molecule has 104 valence electrons. The number of aromatic nitrogens is 1. The van der Waals surface area contributed by atoms with Crippen molar-refractivity contribution in [2.75, 3.05) is 13.7 Å². The van der Waals surface area contributed by atoms with Crippen molar-refractivity contribution in [3.05, 3.63) is 38.5 Å². The number of thiazole rings is 1. The molecule has 0 fully saturated rings. The highest BCUT2D eigenvalue weighted by Gasteiger charge is 2.14. The Morgan fingerprint density at radius 3 is 3.05 bits per heavy atom. The summed E-state index contributed by atoms with van der Waals surface area (Å²) < 4.78 is 0. The molecule has 0 aromatic carbocycles. The normalized spacial score (nSPS) is 9.90. The minimum atomic E-state index is -0.0375. The maximum Gasteiger partial charge on any atom is 0.254 e. The summed E-state index contributed by atoms with van der Waals surface area (Å²) >= 11 is 2.96. The molecule has 2 aromatic heterocycles. The van der Waals surface area contributed by atoms with Gasteiger partial charge in [0.25, 0.3) is 5.91 Å². The Kier molecular flexibility index (Phi) is 5.30. The van der Waals surface area contributed by atoms with Crippen molar-refractivity contribution < 1.29 is 9.90 Å². The number of nitrogens with zero attached hydrogens (tertiary/aromatic N) is 2. The average molecular weight is 306 g/mol. The van der Waals surface area contributed by atoms with Crippen LogP contribution in [0, 0.1) is 11.8 Å². The zero-order valence-electron chi connectivity index (χ0n) is 11.0. The van der Waals surface area contributed by atoms with Crippen molar-refractivity contribution in [1.29, 1.82) is 0 Å². The van der Waals surface area contributed by atoms with Gasteiger partial charge in [0.1, 0.15) is 0 Å². The van der Waals surface area contributed by atoms with Gasteiger partial charge >= 0.3 is 0 Å². The van der Waals surface area contributed by atoms with Crippen molar-refractivity contribution in [2.24, 2.45) is 0 Å². The van der Waals surface area contributed by atoms with E-state index in [-0.39, 0.29) is 12.5 Å². The fraction of sp³-hybridized carbons (Fsp3) is 0.286. The number of thiophene rings is 1. The predicted molar refractivity (Wildman–Crippen MR) is 80.8 cm³/mol. The summed E-state index contributed by atoms with van der Waals surface area (Å²) in [5.41, 5.74) is 3.29. The van der Waals surface area contributed by atoms with Gasteiger partial charge in [-0.15, -0.1) is 22.7 Å². The summed E-state index contributed by atoms with van der Waals surface area (Å²) in [5, 5.41) is 12.4. The molecule has 1 amide bonds. The molecule has 2 rings (SSSR count). The van der Waals surface area contributed by atoms with Gasteiger partial charge in [0.2, 0.25) is 0 Å². The zero-order valence-corrected chi connectivity index (χ0v) is 12.6. The number of aliphatic hydroxyl groups is 1. The molecule has 0 bridgehead atoms. The van der Waals surface area contributed by atoms with Gasteiger partial charge in [-0.1, -0.05) is 11.8 Å². The van der Waals surface area contributed by atoms with E-state index in [0.29, 0.717) is 18.5 Å². The Morgan fingerprint density at radius 2 is 2.35 bits per heavy atom. The van der Waals surface area contributed by atoms with E-state index in [4.69, 9.17) is 5.11 Å². The molecule has 0 saturated heterocycles. The Bertz CT molecular complexity index is 623. The molecule has 0 atom stereocenters. The molecule has 0 radical (unpaired) electrons. The van der Waals surface area contributed by atoms with Crippen LogP contribution in [0.25, 0.3) is 0 Å². The van der Waals surface area contributed by atoms with Gasteiger partial charge in [-0.05, 0) is 6.07 Å². The quantitative estimate of drug-likeness (QED) is 0.881. The van der Waals surface area contributed by atoms with Crippen LogP contribution >= 0.6 is 22.7 Å². The Morgan fingerprint density at radius 1 is 1.50 bits per heavy atom. The van der Waals surface area contributed by atoms with Crippen molar-refractivity contribution in [1.82, 2.24) is 9.88 Å². The van der Waals surface area contributed by atoms with Crippen molar-refractivity contribution in [2.45, 2.75) is 13.0 Å². The second-order valence-electron chi connectivity index (χ2n) is 4.12.